The van der Waals surface area contributed by atoms with Crippen LogP contribution in [0.1, 0.15) is 0 Å². The molecule has 0 spiro atoms. The second-order valence-corrected chi connectivity index (χ2v) is 1.34. The number of rotatable bonds is 0. The Balaban J connectivity index is -0.0000000267. The third kappa shape index (κ3) is 62.1. The van der Waals surface area contributed by atoms with Crippen LogP contribution in [0.25, 0.3) is 0 Å². The molecule has 0 saturated carbocycles. The van der Waals surface area contributed by atoms with Crippen molar-refractivity contribution in [2.45, 2.75) is 0 Å². The summed E-state index contributed by atoms with van der Waals surface area (Å²) in [4.78, 5) is 0. The molecule has 32 valence electrons. The third-order valence-electron chi connectivity index (χ3n) is 0. The first-order valence-corrected chi connectivity index (χ1v) is 2.10. The van der Waals surface area contributed by atoms with Crippen LogP contribution in [0.4, 0.5) is 0 Å². The Kier molecular flexibility index (Phi) is 28.4. The van der Waals surface area contributed by atoms with Gasteiger partial charge in [-0.25, -0.2) is 0 Å². The SMILES string of the molecule is O=S(=O)(O)O.[K+].[Li+].[Na+]. The Bertz CT molecular complexity index is 99.2. The van der Waals surface area contributed by atoms with Gasteiger partial charge >= 0.3 is 110 Å². The molecule has 0 aromatic heterocycles. The van der Waals surface area contributed by atoms with Gasteiger partial charge in [-0.2, -0.15) is 8.42 Å². The van der Waals surface area contributed by atoms with Gasteiger partial charge in [-0.1, -0.05) is 0 Å². The number of hydrogen-bond donors (Lipinski definition) is 2. The minimum absolute atomic E-state index is 0. The van der Waals surface area contributed by atoms with E-state index in [4.69, 9.17) is 17.5 Å². The summed E-state index contributed by atoms with van der Waals surface area (Å²) in [6.45, 7) is 0. The molecule has 0 unspecified atom stereocenters. The third-order valence-corrected chi connectivity index (χ3v) is 0. The molecule has 0 fully saturated rings. The van der Waals surface area contributed by atoms with E-state index in [1.54, 1.807) is 0 Å². The Hall–Kier alpha value is 3.10. The average Bonchev–Trinajstić information content (AvgIpc) is 0.722. The van der Waals surface area contributed by atoms with E-state index in [1.165, 1.54) is 0 Å². The minimum atomic E-state index is -4.67. The fraction of sp³-hybridized carbons (Fsp3) is 0. The molecule has 0 saturated heterocycles. The van der Waals surface area contributed by atoms with Crippen molar-refractivity contribution in [3.05, 3.63) is 0 Å². The largest absolute Gasteiger partial charge is 1.00 e. The van der Waals surface area contributed by atoms with Crippen molar-refractivity contribution in [3.63, 3.8) is 0 Å². The smallest absolute Gasteiger partial charge is 0.264 e. The summed E-state index contributed by atoms with van der Waals surface area (Å²) in [5.41, 5.74) is 0. The van der Waals surface area contributed by atoms with Crippen LogP contribution < -0.4 is 99.8 Å². The van der Waals surface area contributed by atoms with Gasteiger partial charge in [0.1, 0.15) is 0 Å². The summed E-state index contributed by atoms with van der Waals surface area (Å²) < 4.78 is 31.6. The van der Waals surface area contributed by atoms with E-state index in [0.717, 1.165) is 0 Å². The van der Waals surface area contributed by atoms with Crippen LogP contribution in [0.3, 0.4) is 0 Å². The average molecular weight is 167 g/mol. The molecule has 0 rings (SSSR count). The van der Waals surface area contributed by atoms with E-state index in [1.807, 2.05) is 0 Å². The normalized spacial score (nSPS) is 7.25. The van der Waals surface area contributed by atoms with Crippen molar-refractivity contribution in [2.75, 3.05) is 0 Å². The molecule has 2 N–H and O–H groups in total. The molecule has 8 heteroatoms. The van der Waals surface area contributed by atoms with Gasteiger partial charge in [-0.05, 0) is 0 Å². The molecule has 8 heavy (non-hydrogen) atoms. The predicted molar refractivity (Wildman–Crippen MR) is 14.2 cm³/mol. The van der Waals surface area contributed by atoms with Gasteiger partial charge in [0, 0.05) is 0 Å². The molecule has 0 aromatic rings. The Morgan fingerprint density at radius 2 is 1.12 bits per heavy atom. The Morgan fingerprint density at radius 3 is 1.12 bits per heavy atom. The first kappa shape index (κ1) is 22.5. The second-order valence-electron chi connectivity index (χ2n) is 0.448. The second kappa shape index (κ2) is 10.1. The van der Waals surface area contributed by atoms with Crippen LogP contribution >= 0.6 is 0 Å². The molecule has 0 amide bonds. The maximum atomic E-state index is 8.74. The summed E-state index contributed by atoms with van der Waals surface area (Å²) in [5, 5.41) is 0. The van der Waals surface area contributed by atoms with Crippen LogP contribution in [0.15, 0.2) is 0 Å². The van der Waals surface area contributed by atoms with Gasteiger partial charge in [0.2, 0.25) is 0 Å². The summed E-state index contributed by atoms with van der Waals surface area (Å²) in [5.74, 6) is 0. The van der Waals surface area contributed by atoms with Gasteiger partial charge in [0.05, 0.1) is 0 Å². The number of hydrogen-bond acceptors (Lipinski definition) is 2. The van der Waals surface area contributed by atoms with E-state index in [-0.39, 0.29) is 99.8 Å². The molecule has 0 atom stereocenters. The summed E-state index contributed by atoms with van der Waals surface area (Å²) in [7, 11) is -4.67. The molecule has 0 bridgehead atoms. The first-order chi connectivity index (χ1) is 2.00. The van der Waals surface area contributed by atoms with Crippen molar-refractivity contribution in [1.82, 2.24) is 0 Å². The molecule has 4 nitrogen and oxygen atoms in total. The van der Waals surface area contributed by atoms with E-state index in [0.29, 0.717) is 0 Å². The van der Waals surface area contributed by atoms with Crippen LogP contribution in [-0.4, -0.2) is 17.5 Å². The molecule has 0 aliphatic heterocycles. The van der Waals surface area contributed by atoms with Crippen LogP contribution in [0.2, 0.25) is 0 Å². The monoisotopic (exact) mass is 167 g/mol. The maximum absolute atomic E-state index is 8.74. The standard InChI is InChI=1S/K.Li.Na.H2O4S/c;;;1-5(2,3)4/h;;;(H2,1,2,3,4)/q3*+1;. The van der Waals surface area contributed by atoms with Gasteiger partial charge in [0.15, 0.2) is 0 Å². The van der Waals surface area contributed by atoms with Crippen LogP contribution in [0.5, 0.6) is 0 Å². The predicted octanol–water partition coefficient (Wildman–Crippen LogP) is -9.64. The Morgan fingerprint density at radius 1 is 1.12 bits per heavy atom. The van der Waals surface area contributed by atoms with Crippen LogP contribution in [-0.2, 0) is 10.4 Å². The van der Waals surface area contributed by atoms with E-state index in [2.05, 4.69) is 0 Å². The van der Waals surface area contributed by atoms with Crippen molar-refractivity contribution in [3.8, 4) is 0 Å². The first-order valence-electron chi connectivity index (χ1n) is 0.698. The fourth-order valence-electron chi connectivity index (χ4n) is 0. The Labute approximate surface area is 125 Å². The topological polar surface area (TPSA) is 74.6 Å². The molecular formula is H2KLiNaO4S+3. The molecule has 0 radical (unpaired) electrons. The molecular weight excluding hydrogens is 165 g/mol. The van der Waals surface area contributed by atoms with Crippen molar-refractivity contribution in [2.24, 2.45) is 0 Å². The van der Waals surface area contributed by atoms with Crippen molar-refractivity contribution < 1.29 is 117 Å². The van der Waals surface area contributed by atoms with Gasteiger partial charge in [-0.3, -0.25) is 9.11 Å². The molecule has 0 aliphatic carbocycles. The van der Waals surface area contributed by atoms with Crippen molar-refractivity contribution in [1.29, 1.82) is 0 Å². The quantitative estimate of drug-likeness (QED) is 0.277. The van der Waals surface area contributed by atoms with Crippen molar-refractivity contribution >= 4 is 10.4 Å². The summed E-state index contributed by atoms with van der Waals surface area (Å²) >= 11 is 0. The maximum Gasteiger partial charge on any atom is 1.00 e. The van der Waals surface area contributed by atoms with E-state index in [9.17, 15) is 0 Å². The molecule has 0 aromatic carbocycles. The zero-order valence-corrected chi connectivity index (χ0v) is 11.1. The van der Waals surface area contributed by atoms with E-state index < -0.39 is 10.4 Å². The van der Waals surface area contributed by atoms with E-state index >= 15 is 0 Å². The van der Waals surface area contributed by atoms with Crippen LogP contribution in [0, 0.1) is 0 Å². The molecule has 0 heterocycles. The summed E-state index contributed by atoms with van der Waals surface area (Å²) in [6, 6.07) is 0. The van der Waals surface area contributed by atoms with Gasteiger partial charge in [0.25, 0.3) is 0 Å². The zero-order chi connectivity index (χ0) is 4.50. The summed E-state index contributed by atoms with van der Waals surface area (Å²) in [6.07, 6.45) is 0. The fourth-order valence-corrected chi connectivity index (χ4v) is 0. The minimum Gasteiger partial charge on any atom is -0.264 e. The van der Waals surface area contributed by atoms with Gasteiger partial charge in [-0.15, -0.1) is 0 Å². The zero-order valence-electron chi connectivity index (χ0n) is 5.12. The molecule has 0 aliphatic rings. The van der Waals surface area contributed by atoms with Gasteiger partial charge < -0.3 is 0 Å².